The van der Waals surface area contributed by atoms with E-state index in [1.807, 2.05) is 0 Å². The Labute approximate surface area is 91.1 Å². The molecular weight excluding hydrogens is 216 g/mol. The number of rotatable bonds is 5. The fourth-order valence-electron chi connectivity index (χ4n) is 1.05. The lowest BCUT2D eigenvalue weighted by molar-refractivity contribution is -0.138. The summed E-state index contributed by atoms with van der Waals surface area (Å²) in [5, 5.41) is 12.2. The number of anilines is 1. The Bertz CT molecular complexity index is 362. The molecule has 5 nitrogen and oxygen atoms in total. The fourth-order valence-corrected chi connectivity index (χ4v) is 1.72. The Balaban J connectivity index is 2.74. The smallest absolute Gasteiger partial charge is 0.326 e. The van der Waals surface area contributed by atoms with Gasteiger partial charge in [-0.1, -0.05) is 25.2 Å². The number of aromatic nitrogens is 1. The standard InChI is InChI=1S/C9H12N2O3S/c1-5(2)7(8(13)14)11-9-10-3-6(4-12)15-9/h3-5,7H,1-2H3,(H,10,11)(H,13,14). The van der Waals surface area contributed by atoms with Gasteiger partial charge in [0.1, 0.15) is 6.04 Å². The van der Waals surface area contributed by atoms with Gasteiger partial charge in [0.15, 0.2) is 11.4 Å². The molecule has 0 saturated heterocycles. The SMILES string of the molecule is CC(C)C(Nc1ncc(C=O)s1)C(=O)O. The molecule has 0 bridgehead atoms. The van der Waals surface area contributed by atoms with Crippen molar-refractivity contribution in [2.75, 3.05) is 5.32 Å². The Hall–Kier alpha value is -1.43. The second-order valence-corrected chi connectivity index (χ2v) is 4.45. The van der Waals surface area contributed by atoms with Gasteiger partial charge >= 0.3 is 5.97 Å². The topological polar surface area (TPSA) is 79.3 Å². The molecule has 1 rings (SSSR count). The lowest BCUT2D eigenvalue weighted by Gasteiger charge is -2.16. The first kappa shape index (κ1) is 11.6. The van der Waals surface area contributed by atoms with E-state index in [-0.39, 0.29) is 5.92 Å². The molecule has 1 heterocycles. The monoisotopic (exact) mass is 228 g/mol. The van der Waals surface area contributed by atoms with Gasteiger partial charge in [-0.05, 0) is 5.92 Å². The molecule has 0 aliphatic carbocycles. The number of hydrogen-bond acceptors (Lipinski definition) is 5. The molecule has 0 fully saturated rings. The summed E-state index contributed by atoms with van der Waals surface area (Å²) in [6.45, 7) is 3.61. The number of carboxylic acid groups (broad SMARTS) is 1. The Morgan fingerprint density at radius 2 is 2.33 bits per heavy atom. The number of nitrogens with one attached hydrogen (secondary N) is 1. The van der Waals surface area contributed by atoms with E-state index in [1.54, 1.807) is 13.8 Å². The van der Waals surface area contributed by atoms with E-state index in [4.69, 9.17) is 5.11 Å². The third-order valence-corrected chi connectivity index (χ3v) is 2.71. The fraction of sp³-hybridized carbons (Fsp3) is 0.444. The van der Waals surface area contributed by atoms with Gasteiger partial charge in [0.2, 0.25) is 0 Å². The molecule has 1 aromatic rings. The Kier molecular flexibility index (Phi) is 3.79. The maximum absolute atomic E-state index is 10.9. The van der Waals surface area contributed by atoms with Gasteiger partial charge in [-0.2, -0.15) is 0 Å². The molecule has 2 N–H and O–H groups in total. The first-order valence-electron chi connectivity index (χ1n) is 4.45. The quantitative estimate of drug-likeness (QED) is 0.746. The van der Waals surface area contributed by atoms with Gasteiger partial charge in [0, 0.05) is 0 Å². The molecule has 0 amide bonds. The van der Waals surface area contributed by atoms with Crippen LogP contribution < -0.4 is 5.32 Å². The largest absolute Gasteiger partial charge is 0.480 e. The molecule has 0 spiro atoms. The van der Waals surface area contributed by atoms with Crippen molar-refractivity contribution in [3.63, 3.8) is 0 Å². The number of carboxylic acids is 1. The third kappa shape index (κ3) is 3.02. The average molecular weight is 228 g/mol. The summed E-state index contributed by atoms with van der Waals surface area (Å²) in [6.07, 6.45) is 2.10. The van der Waals surface area contributed by atoms with E-state index >= 15 is 0 Å². The highest BCUT2D eigenvalue weighted by Crippen LogP contribution is 2.19. The normalized spacial score (nSPS) is 12.5. The maximum atomic E-state index is 10.9. The molecule has 6 heteroatoms. The van der Waals surface area contributed by atoms with Crippen molar-refractivity contribution in [2.24, 2.45) is 5.92 Å². The van der Waals surface area contributed by atoms with Crippen LogP contribution in [0.15, 0.2) is 6.20 Å². The molecule has 1 unspecified atom stereocenters. The Morgan fingerprint density at radius 1 is 1.67 bits per heavy atom. The molecular formula is C9H12N2O3S. The van der Waals surface area contributed by atoms with Crippen LogP contribution in [-0.4, -0.2) is 28.4 Å². The van der Waals surface area contributed by atoms with Crippen LogP contribution in [-0.2, 0) is 4.79 Å². The van der Waals surface area contributed by atoms with Gasteiger partial charge < -0.3 is 10.4 Å². The molecule has 0 aliphatic rings. The van der Waals surface area contributed by atoms with Crippen molar-refractivity contribution >= 4 is 28.7 Å². The van der Waals surface area contributed by atoms with Crippen molar-refractivity contribution in [3.8, 4) is 0 Å². The highest BCUT2D eigenvalue weighted by Gasteiger charge is 2.22. The van der Waals surface area contributed by atoms with Crippen molar-refractivity contribution in [1.82, 2.24) is 4.98 Å². The summed E-state index contributed by atoms with van der Waals surface area (Å²) in [5.74, 6) is -0.973. The second kappa shape index (κ2) is 4.88. The number of hydrogen-bond donors (Lipinski definition) is 2. The van der Waals surface area contributed by atoms with Crippen LogP contribution >= 0.6 is 11.3 Å². The number of aldehydes is 1. The average Bonchev–Trinajstić information content (AvgIpc) is 2.60. The minimum atomic E-state index is -0.923. The van der Waals surface area contributed by atoms with Gasteiger partial charge in [0.05, 0.1) is 11.1 Å². The van der Waals surface area contributed by atoms with E-state index in [0.29, 0.717) is 16.3 Å². The lowest BCUT2D eigenvalue weighted by atomic mass is 10.1. The van der Waals surface area contributed by atoms with E-state index in [1.165, 1.54) is 6.20 Å². The van der Waals surface area contributed by atoms with Crippen LogP contribution in [0.4, 0.5) is 5.13 Å². The number of thiazole rings is 1. The van der Waals surface area contributed by atoms with Crippen LogP contribution in [0.25, 0.3) is 0 Å². The van der Waals surface area contributed by atoms with Crippen LogP contribution in [0.5, 0.6) is 0 Å². The summed E-state index contributed by atoms with van der Waals surface area (Å²) in [4.78, 5) is 25.6. The zero-order valence-electron chi connectivity index (χ0n) is 8.43. The first-order valence-corrected chi connectivity index (χ1v) is 5.26. The molecule has 82 valence electrons. The number of carbonyl (C=O) groups is 2. The molecule has 0 aromatic carbocycles. The third-order valence-electron chi connectivity index (χ3n) is 1.85. The van der Waals surface area contributed by atoms with Gasteiger partial charge in [-0.3, -0.25) is 4.79 Å². The van der Waals surface area contributed by atoms with Crippen LogP contribution in [0.3, 0.4) is 0 Å². The molecule has 0 aliphatic heterocycles. The minimum absolute atomic E-state index is 0.0499. The molecule has 0 saturated carbocycles. The second-order valence-electron chi connectivity index (χ2n) is 3.39. The van der Waals surface area contributed by atoms with E-state index in [9.17, 15) is 9.59 Å². The number of nitrogens with zero attached hydrogens (tertiary/aromatic N) is 1. The van der Waals surface area contributed by atoms with Gasteiger partial charge in [-0.25, -0.2) is 9.78 Å². The van der Waals surface area contributed by atoms with E-state index < -0.39 is 12.0 Å². The number of aliphatic carboxylic acids is 1. The van der Waals surface area contributed by atoms with E-state index in [2.05, 4.69) is 10.3 Å². The minimum Gasteiger partial charge on any atom is -0.480 e. The van der Waals surface area contributed by atoms with Crippen LogP contribution in [0.1, 0.15) is 23.5 Å². The molecule has 1 atom stereocenters. The van der Waals surface area contributed by atoms with Crippen molar-refractivity contribution < 1.29 is 14.7 Å². The van der Waals surface area contributed by atoms with Gasteiger partial charge in [-0.15, -0.1) is 0 Å². The maximum Gasteiger partial charge on any atom is 0.326 e. The highest BCUT2D eigenvalue weighted by atomic mass is 32.1. The van der Waals surface area contributed by atoms with E-state index in [0.717, 1.165) is 11.3 Å². The predicted molar refractivity (Wildman–Crippen MR) is 57.4 cm³/mol. The number of carbonyl (C=O) groups excluding carboxylic acids is 1. The highest BCUT2D eigenvalue weighted by molar-refractivity contribution is 7.17. The zero-order valence-corrected chi connectivity index (χ0v) is 9.25. The summed E-state index contributed by atoms with van der Waals surface area (Å²) in [5.41, 5.74) is 0. The summed E-state index contributed by atoms with van der Waals surface area (Å²) in [7, 11) is 0. The van der Waals surface area contributed by atoms with Crippen molar-refractivity contribution in [1.29, 1.82) is 0 Å². The van der Waals surface area contributed by atoms with Crippen LogP contribution in [0.2, 0.25) is 0 Å². The molecule has 15 heavy (non-hydrogen) atoms. The molecule has 0 radical (unpaired) electrons. The van der Waals surface area contributed by atoms with Crippen molar-refractivity contribution in [3.05, 3.63) is 11.1 Å². The zero-order chi connectivity index (χ0) is 11.4. The summed E-state index contributed by atoms with van der Waals surface area (Å²) >= 11 is 1.14. The summed E-state index contributed by atoms with van der Waals surface area (Å²) < 4.78 is 0. The predicted octanol–water partition coefficient (Wildman–Crippen LogP) is 1.48. The van der Waals surface area contributed by atoms with Gasteiger partial charge in [0.25, 0.3) is 0 Å². The molecule has 1 aromatic heterocycles. The van der Waals surface area contributed by atoms with Crippen LogP contribution in [0, 0.1) is 5.92 Å². The Morgan fingerprint density at radius 3 is 2.73 bits per heavy atom. The lowest BCUT2D eigenvalue weighted by Crippen LogP contribution is -2.34. The summed E-state index contributed by atoms with van der Waals surface area (Å²) in [6, 6.07) is -0.685. The first-order chi connectivity index (χ1) is 7.04. The van der Waals surface area contributed by atoms with Crippen molar-refractivity contribution in [2.45, 2.75) is 19.9 Å².